The van der Waals surface area contributed by atoms with Crippen LogP contribution >= 0.6 is 11.6 Å². The van der Waals surface area contributed by atoms with Crippen LogP contribution in [0.1, 0.15) is 28.8 Å². The van der Waals surface area contributed by atoms with Crippen molar-refractivity contribution in [2.75, 3.05) is 49.5 Å². The van der Waals surface area contributed by atoms with Crippen LogP contribution in [0.4, 0.5) is 11.4 Å². The predicted octanol–water partition coefficient (Wildman–Crippen LogP) is 4.12. The van der Waals surface area contributed by atoms with Gasteiger partial charge in [0.1, 0.15) is 0 Å². The molecule has 8 heteroatoms. The summed E-state index contributed by atoms with van der Waals surface area (Å²) in [6, 6.07) is 12.8. The average molecular weight is 457 g/mol. The molecule has 2 aliphatic heterocycles. The summed E-state index contributed by atoms with van der Waals surface area (Å²) >= 11 is 6.22. The van der Waals surface area contributed by atoms with Crippen molar-refractivity contribution in [2.24, 2.45) is 4.99 Å². The van der Waals surface area contributed by atoms with Crippen LogP contribution in [-0.2, 0) is 4.74 Å². The molecule has 2 heterocycles. The Morgan fingerprint density at radius 1 is 1.19 bits per heavy atom. The van der Waals surface area contributed by atoms with Crippen molar-refractivity contribution in [3.8, 4) is 0 Å². The number of hydrogen-bond acceptors (Lipinski definition) is 4. The highest BCUT2D eigenvalue weighted by atomic mass is 35.5. The van der Waals surface area contributed by atoms with E-state index in [1.807, 2.05) is 12.1 Å². The molecular weight excluding hydrogens is 428 g/mol. The van der Waals surface area contributed by atoms with Gasteiger partial charge in [-0.1, -0.05) is 17.7 Å². The van der Waals surface area contributed by atoms with Crippen molar-refractivity contribution < 1.29 is 14.6 Å². The number of guanidine groups is 1. The molecule has 4 rings (SSSR count). The Bertz CT molecular complexity index is 966. The number of nitrogens with one attached hydrogen (secondary N) is 1. The number of benzene rings is 2. The number of aromatic carboxylic acids is 1. The maximum Gasteiger partial charge on any atom is 0.335 e. The summed E-state index contributed by atoms with van der Waals surface area (Å²) in [5, 5.41) is 13.3. The van der Waals surface area contributed by atoms with Crippen molar-refractivity contribution in [3.05, 3.63) is 58.6 Å². The second kappa shape index (κ2) is 10.2. The van der Waals surface area contributed by atoms with Gasteiger partial charge in [-0.05, 0) is 61.7 Å². The standard InChI is InChI=1S/C24H29ClN4O3/c1-17-4-7-19(25)15-22(17)28-10-12-29(13-11-28)24(26-16-21-3-2-14-32-21)27-20-8-5-18(6-9-20)23(30)31/h4-9,15,21H,2-3,10-14,16H2,1H3,(H,26,27)(H,30,31)/t21-/m1/s1. The monoisotopic (exact) mass is 456 g/mol. The normalized spacial score (nSPS) is 19.3. The lowest BCUT2D eigenvalue weighted by atomic mass is 10.1. The topological polar surface area (TPSA) is 77.4 Å². The van der Waals surface area contributed by atoms with E-state index in [0.717, 1.165) is 62.3 Å². The number of hydrogen-bond donors (Lipinski definition) is 2. The minimum absolute atomic E-state index is 0.164. The van der Waals surface area contributed by atoms with Crippen LogP contribution in [0.2, 0.25) is 5.02 Å². The zero-order valence-electron chi connectivity index (χ0n) is 18.3. The van der Waals surface area contributed by atoms with E-state index in [9.17, 15) is 4.79 Å². The molecule has 0 aliphatic carbocycles. The van der Waals surface area contributed by atoms with Gasteiger partial charge in [-0.15, -0.1) is 0 Å². The number of halogens is 1. The van der Waals surface area contributed by atoms with E-state index in [0.29, 0.717) is 6.54 Å². The molecule has 0 aromatic heterocycles. The van der Waals surface area contributed by atoms with Gasteiger partial charge in [0.05, 0.1) is 18.2 Å². The predicted molar refractivity (Wildman–Crippen MR) is 128 cm³/mol. The average Bonchev–Trinajstić information content (AvgIpc) is 3.32. The second-order valence-corrected chi connectivity index (χ2v) is 8.65. The Morgan fingerprint density at radius 2 is 1.94 bits per heavy atom. The highest BCUT2D eigenvalue weighted by Crippen LogP contribution is 2.25. The van der Waals surface area contributed by atoms with E-state index in [2.05, 4.69) is 28.1 Å². The summed E-state index contributed by atoms with van der Waals surface area (Å²) in [4.78, 5) is 20.6. The molecule has 0 saturated carbocycles. The zero-order chi connectivity index (χ0) is 22.5. The van der Waals surface area contributed by atoms with Crippen LogP contribution in [0.25, 0.3) is 0 Å². The van der Waals surface area contributed by atoms with Crippen LogP contribution < -0.4 is 10.2 Å². The maximum atomic E-state index is 11.1. The van der Waals surface area contributed by atoms with Gasteiger partial charge in [0.15, 0.2) is 5.96 Å². The van der Waals surface area contributed by atoms with Gasteiger partial charge in [0.2, 0.25) is 0 Å². The largest absolute Gasteiger partial charge is 0.478 e. The number of piperazine rings is 1. The summed E-state index contributed by atoms with van der Waals surface area (Å²) in [5.74, 6) is -0.137. The van der Waals surface area contributed by atoms with Crippen molar-refractivity contribution in [1.29, 1.82) is 0 Å². The Morgan fingerprint density at radius 3 is 2.59 bits per heavy atom. The number of aliphatic imine (C=N–C) groups is 1. The molecule has 2 fully saturated rings. The van der Waals surface area contributed by atoms with E-state index in [1.54, 1.807) is 24.3 Å². The minimum atomic E-state index is -0.934. The first-order valence-electron chi connectivity index (χ1n) is 11.0. The number of nitrogens with zero attached hydrogens (tertiary/aromatic N) is 3. The molecule has 0 spiro atoms. The third-order valence-corrected chi connectivity index (χ3v) is 6.18. The van der Waals surface area contributed by atoms with Crippen LogP contribution in [0.5, 0.6) is 0 Å². The third kappa shape index (κ3) is 5.53. The van der Waals surface area contributed by atoms with Crippen LogP contribution in [0.3, 0.4) is 0 Å². The maximum absolute atomic E-state index is 11.1. The fourth-order valence-electron chi connectivity index (χ4n) is 4.10. The molecule has 1 atom stereocenters. The fraction of sp³-hybridized carbons (Fsp3) is 0.417. The lowest BCUT2D eigenvalue weighted by Gasteiger charge is -2.38. The first-order chi connectivity index (χ1) is 15.5. The van der Waals surface area contributed by atoms with E-state index in [4.69, 9.17) is 26.4 Å². The molecule has 32 heavy (non-hydrogen) atoms. The van der Waals surface area contributed by atoms with E-state index >= 15 is 0 Å². The Balaban J connectivity index is 1.46. The number of carboxylic acid groups (broad SMARTS) is 1. The second-order valence-electron chi connectivity index (χ2n) is 8.21. The Kier molecular flexibility index (Phi) is 7.17. The van der Waals surface area contributed by atoms with Crippen LogP contribution in [0.15, 0.2) is 47.5 Å². The molecule has 0 radical (unpaired) electrons. The van der Waals surface area contributed by atoms with Crippen molar-refractivity contribution in [2.45, 2.75) is 25.9 Å². The fourth-order valence-corrected chi connectivity index (χ4v) is 4.27. The summed E-state index contributed by atoms with van der Waals surface area (Å²) in [6.45, 7) is 6.88. The molecule has 7 nitrogen and oxygen atoms in total. The summed E-state index contributed by atoms with van der Waals surface area (Å²) in [5.41, 5.74) is 3.46. The quantitative estimate of drug-likeness (QED) is 0.520. The Labute approximate surface area is 193 Å². The summed E-state index contributed by atoms with van der Waals surface area (Å²) in [6.07, 6.45) is 2.28. The highest BCUT2D eigenvalue weighted by molar-refractivity contribution is 6.30. The number of carbonyl (C=O) groups is 1. The number of ether oxygens (including phenoxy) is 1. The van der Waals surface area contributed by atoms with Crippen LogP contribution in [-0.4, -0.2) is 67.4 Å². The molecule has 170 valence electrons. The van der Waals surface area contributed by atoms with Crippen molar-refractivity contribution in [1.82, 2.24) is 4.90 Å². The van der Waals surface area contributed by atoms with Gasteiger partial charge in [0, 0.05) is 49.2 Å². The number of anilines is 2. The minimum Gasteiger partial charge on any atom is -0.478 e. The third-order valence-electron chi connectivity index (χ3n) is 5.95. The highest BCUT2D eigenvalue weighted by Gasteiger charge is 2.23. The first-order valence-corrected chi connectivity index (χ1v) is 11.4. The molecular formula is C24H29ClN4O3. The van der Waals surface area contributed by atoms with Gasteiger partial charge < -0.3 is 25.0 Å². The Hall–Kier alpha value is -2.77. The number of rotatable bonds is 5. The SMILES string of the molecule is Cc1ccc(Cl)cc1N1CCN(C(=NC[C@H]2CCCO2)Nc2ccc(C(=O)O)cc2)CC1. The van der Waals surface area contributed by atoms with Gasteiger partial charge in [0.25, 0.3) is 0 Å². The molecule has 2 saturated heterocycles. The molecule has 0 bridgehead atoms. The molecule has 2 N–H and O–H groups in total. The molecule has 2 aromatic carbocycles. The van der Waals surface area contributed by atoms with Gasteiger partial charge >= 0.3 is 5.97 Å². The summed E-state index contributed by atoms with van der Waals surface area (Å²) < 4.78 is 5.74. The molecule has 2 aliphatic rings. The van der Waals surface area contributed by atoms with Gasteiger partial charge in [-0.2, -0.15) is 0 Å². The number of carboxylic acids is 1. The van der Waals surface area contributed by atoms with Crippen molar-refractivity contribution >= 4 is 34.9 Å². The lowest BCUT2D eigenvalue weighted by Crippen LogP contribution is -2.51. The molecule has 0 amide bonds. The van der Waals surface area contributed by atoms with Gasteiger partial charge in [-0.3, -0.25) is 4.99 Å². The smallest absolute Gasteiger partial charge is 0.335 e. The van der Waals surface area contributed by atoms with Crippen LogP contribution in [0, 0.1) is 6.92 Å². The van der Waals surface area contributed by atoms with Gasteiger partial charge in [-0.25, -0.2) is 4.79 Å². The lowest BCUT2D eigenvalue weighted by molar-refractivity contribution is 0.0697. The zero-order valence-corrected chi connectivity index (χ0v) is 19.0. The molecule has 0 unspecified atom stereocenters. The first kappa shape index (κ1) is 22.4. The number of aryl methyl sites for hydroxylation is 1. The summed E-state index contributed by atoms with van der Waals surface area (Å²) in [7, 11) is 0. The van der Waals surface area contributed by atoms with Crippen molar-refractivity contribution in [3.63, 3.8) is 0 Å². The van der Waals surface area contributed by atoms with E-state index in [1.165, 1.54) is 11.3 Å². The van der Waals surface area contributed by atoms with E-state index < -0.39 is 5.97 Å². The van der Waals surface area contributed by atoms with E-state index in [-0.39, 0.29) is 11.7 Å². The molecule has 2 aromatic rings.